The van der Waals surface area contributed by atoms with Crippen LogP contribution in [0.2, 0.25) is 0 Å². The lowest BCUT2D eigenvalue weighted by Gasteiger charge is -2.34. The summed E-state index contributed by atoms with van der Waals surface area (Å²) in [6.07, 6.45) is 3.59. The highest BCUT2D eigenvalue weighted by Crippen LogP contribution is 2.29. The van der Waals surface area contributed by atoms with E-state index < -0.39 is 0 Å². The van der Waals surface area contributed by atoms with Crippen molar-refractivity contribution in [3.8, 4) is 5.75 Å². The number of rotatable bonds is 4. The summed E-state index contributed by atoms with van der Waals surface area (Å²) in [6, 6.07) is 9.76. The van der Waals surface area contributed by atoms with E-state index in [4.69, 9.17) is 4.74 Å². The number of carbonyl (C=O) groups excluding carboxylic acids is 1. The number of aryl methyl sites for hydroxylation is 1. The van der Waals surface area contributed by atoms with Crippen LogP contribution in [0.4, 0.5) is 16.3 Å². The molecule has 0 radical (unpaired) electrons. The number of aromatic nitrogens is 2. The molecule has 1 saturated heterocycles. The Kier molecular flexibility index (Phi) is 4.88. The van der Waals surface area contributed by atoms with E-state index in [0.717, 1.165) is 37.4 Å². The van der Waals surface area contributed by atoms with Gasteiger partial charge in [0, 0.05) is 38.4 Å². The first-order valence-corrected chi connectivity index (χ1v) is 8.11. The topological polar surface area (TPSA) is 71.4 Å². The Morgan fingerprint density at radius 2 is 2.00 bits per heavy atom. The number of hydrogen-bond donors (Lipinski definition) is 2. The number of nitrogens with zero attached hydrogens (tertiary/aromatic N) is 3. The monoisotopic (exact) mass is 329 g/mol. The maximum Gasteiger partial charge on any atom is 0.320 e. The van der Waals surface area contributed by atoms with E-state index in [1.54, 1.807) is 24.1 Å². The lowest BCUT2D eigenvalue weighted by atomic mass is 10.0. The highest BCUT2D eigenvalue weighted by atomic mass is 16.5. The zero-order chi connectivity index (χ0) is 16.9. The predicted molar refractivity (Wildman–Crippen MR) is 93.6 cm³/mol. The highest BCUT2D eigenvalue weighted by Gasteiger charge is 2.22. The van der Waals surface area contributed by atoms with Gasteiger partial charge in [-0.25, -0.2) is 4.79 Å². The fourth-order valence-corrected chi connectivity index (χ4v) is 2.98. The van der Waals surface area contributed by atoms with Crippen molar-refractivity contribution in [2.45, 2.75) is 18.9 Å². The SMILES string of the molecule is COc1ccccc1N1CCC(NC(=O)Nc2ccn(C)n2)CC1. The second-order valence-corrected chi connectivity index (χ2v) is 5.91. The molecule has 2 amide bonds. The maximum atomic E-state index is 12.0. The fraction of sp³-hybridized carbons (Fsp3) is 0.412. The van der Waals surface area contributed by atoms with E-state index in [1.807, 2.05) is 25.2 Å². The molecule has 0 aliphatic carbocycles. The minimum absolute atomic E-state index is 0.166. The minimum Gasteiger partial charge on any atom is -0.495 e. The number of nitrogens with one attached hydrogen (secondary N) is 2. The van der Waals surface area contributed by atoms with E-state index in [2.05, 4.69) is 26.7 Å². The highest BCUT2D eigenvalue weighted by molar-refractivity contribution is 5.88. The molecule has 2 aromatic rings. The molecule has 2 N–H and O–H groups in total. The quantitative estimate of drug-likeness (QED) is 0.902. The molecule has 7 nitrogen and oxygen atoms in total. The Balaban J connectivity index is 1.51. The van der Waals surface area contributed by atoms with E-state index in [9.17, 15) is 4.79 Å². The van der Waals surface area contributed by atoms with Crippen LogP contribution in [-0.4, -0.2) is 42.1 Å². The molecule has 1 aromatic heterocycles. The van der Waals surface area contributed by atoms with Gasteiger partial charge in [-0.2, -0.15) is 5.10 Å². The molecule has 1 aromatic carbocycles. The zero-order valence-electron chi connectivity index (χ0n) is 14.0. The molecule has 0 spiro atoms. The van der Waals surface area contributed by atoms with Gasteiger partial charge in [-0.15, -0.1) is 0 Å². The van der Waals surface area contributed by atoms with Gasteiger partial charge in [-0.05, 0) is 25.0 Å². The summed E-state index contributed by atoms with van der Waals surface area (Å²) >= 11 is 0. The number of benzene rings is 1. The first-order chi connectivity index (χ1) is 11.7. The average molecular weight is 329 g/mol. The van der Waals surface area contributed by atoms with Crippen molar-refractivity contribution < 1.29 is 9.53 Å². The summed E-state index contributed by atoms with van der Waals surface area (Å²) in [5.74, 6) is 1.44. The summed E-state index contributed by atoms with van der Waals surface area (Å²) in [6.45, 7) is 1.77. The zero-order valence-corrected chi connectivity index (χ0v) is 14.0. The van der Waals surface area contributed by atoms with Gasteiger partial charge in [-0.3, -0.25) is 10.00 Å². The lowest BCUT2D eigenvalue weighted by molar-refractivity contribution is 0.246. The third-order valence-electron chi connectivity index (χ3n) is 4.21. The number of carbonyl (C=O) groups is 1. The van der Waals surface area contributed by atoms with E-state index in [1.165, 1.54) is 0 Å². The number of para-hydroxylation sites is 2. The van der Waals surface area contributed by atoms with Gasteiger partial charge < -0.3 is 15.0 Å². The Hall–Kier alpha value is -2.70. The van der Waals surface area contributed by atoms with Crippen molar-refractivity contribution in [2.75, 3.05) is 30.4 Å². The van der Waals surface area contributed by atoms with Crippen LogP contribution in [0, 0.1) is 0 Å². The summed E-state index contributed by atoms with van der Waals surface area (Å²) < 4.78 is 7.08. The smallest absolute Gasteiger partial charge is 0.320 e. The lowest BCUT2D eigenvalue weighted by Crippen LogP contribution is -2.46. The molecule has 0 unspecified atom stereocenters. The van der Waals surface area contributed by atoms with Crippen LogP contribution in [0.1, 0.15) is 12.8 Å². The molecule has 0 saturated carbocycles. The molecule has 3 rings (SSSR count). The first kappa shape index (κ1) is 16.2. The predicted octanol–water partition coefficient (Wildman–Crippen LogP) is 2.22. The van der Waals surface area contributed by atoms with Crippen molar-refractivity contribution in [3.05, 3.63) is 36.5 Å². The Labute approximate surface area is 141 Å². The van der Waals surface area contributed by atoms with Crippen molar-refractivity contribution >= 4 is 17.5 Å². The third-order valence-corrected chi connectivity index (χ3v) is 4.21. The van der Waals surface area contributed by atoms with Crippen LogP contribution in [0.3, 0.4) is 0 Å². The minimum atomic E-state index is -0.204. The number of hydrogen-bond acceptors (Lipinski definition) is 4. The molecule has 1 aliphatic heterocycles. The molecule has 0 atom stereocenters. The van der Waals surface area contributed by atoms with Crippen LogP contribution in [0.15, 0.2) is 36.5 Å². The summed E-state index contributed by atoms with van der Waals surface area (Å²) in [5, 5.41) is 9.91. The standard InChI is InChI=1S/C17H23N5O2/c1-21-10-9-16(20-21)19-17(23)18-13-7-11-22(12-8-13)14-5-3-4-6-15(14)24-2/h3-6,9-10,13H,7-8,11-12H2,1-2H3,(H2,18,19,20,23). The average Bonchev–Trinajstić information content (AvgIpc) is 3.00. The van der Waals surface area contributed by atoms with Gasteiger partial charge in [0.1, 0.15) is 5.75 Å². The second kappa shape index (κ2) is 7.25. The molecule has 128 valence electrons. The molecule has 2 heterocycles. The fourth-order valence-electron chi connectivity index (χ4n) is 2.98. The van der Waals surface area contributed by atoms with E-state index in [-0.39, 0.29) is 12.1 Å². The van der Waals surface area contributed by atoms with Crippen molar-refractivity contribution in [1.82, 2.24) is 15.1 Å². The van der Waals surface area contributed by atoms with Crippen molar-refractivity contribution in [3.63, 3.8) is 0 Å². The molecule has 1 fully saturated rings. The normalized spacial score (nSPS) is 15.2. The number of piperidine rings is 1. The number of methoxy groups -OCH3 is 1. The molecule has 7 heteroatoms. The van der Waals surface area contributed by atoms with Gasteiger partial charge in [-0.1, -0.05) is 12.1 Å². The number of amides is 2. The van der Waals surface area contributed by atoms with Crippen molar-refractivity contribution in [2.24, 2.45) is 7.05 Å². The number of anilines is 2. The molecule has 1 aliphatic rings. The van der Waals surface area contributed by atoms with Crippen LogP contribution >= 0.6 is 0 Å². The van der Waals surface area contributed by atoms with Gasteiger partial charge in [0.2, 0.25) is 0 Å². The number of urea groups is 1. The number of ether oxygens (including phenoxy) is 1. The van der Waals surface area contributed by atoms with Crippen LogP contribution in [0.25, 0.3) is 0 Å². The molecule has 0 bridgehead atoms. The summed E-state index contributed by atoms with van der Waals surface area (Å²) in [4.78, 5) is 14.3. The van der Waals surface area contributed by atoms with E-state index in [0.29, 0.717) is 5.82 Å². The third kappa shape index (κ3) is 3.79. The van der Waals surface area contributed by atoms with Gasteiger partial charge in [0.25, 0.3) is 0 Å². The van der Waals surface area contributed by atoms with Crippen LogP contribution in [0.5, 0.6) is 5.75 Å². The largest absolute Gasteiger partial charge is 0.495 e. The van der Waals surface area contributed by atoms with Crippen molar-refractivity contribution in [1.29, 1.82) is 0 Å². The van der Waals surface area contributed by atoms with Gasteiger partial charge in [0.15, 0.2) is 5.82 Å². The Morgan fingerprint density at radius 1 is 1.25 bits per heavy atom. The first-order valence-electron chi connectivity index (χ1n) is 8.11. The summed E-state index contributed by atoms with van der Waals surface area (Å²) in [7, 11) is 3.51. The van der Waals surface area contributed by atoms with Gasteiger partial charge >= 0.3 is 6.03 Å². The van der Waals surface area contributed by atoms with Gasteiger partial charge in [0.05, 0.1) is 12.8 Å². The Morgan fingerprint density at radius 3 is 2.67 bits per heavy atom. The van der Waals surface area contributed by atoms with Crippen LogP contribution in [-0.2, 0) is 7.05 Å². The second-order valence-electron chi connectivity index (χ2n) is 5.91. The maximum absolute atomic E-state index is 12.0. The molecule has 24 heavy (non-hydrogen) atoms. The Bertz CT molecular complexity index is 692. The van der Waals surface area contributed by atoms with E-state index >= 15 is 0 Å². The summed E-state index contributed by atoms with van der Waals surface area (Å²) in [5.41, 5.74) is 1.11. The van der Waals surface area contributed by atoms with Crippen LogP contribution < -0.4 is 20.3 Å². The molecular formula is C17H23N5O2. The molecular weight excluding hydrogens is 306 g/mol.